The minimum absolute atomic E-state index is 0.402. The van der Waals surface area contributed by atoms with Crippen LogP contribution in [0.2, 0.25) is 0 Å². The van der Waals surface area contributed by atoms with Crippen LogP contribution in [0.15, 0.2) is 54.3 Å². The Morgan fingerprint density at radius 3 is 2.62 bits per heavy atom. The van der Waals surface area contributed by atoms with E-state index in [2.05, 4.69) is 67.3 Å². The fourth-order valence-corrected chi connectivity index (χ4v) is 5.52. The molecule has 0 radical (unpaired) electrons. The number of unbranched alkanes of at least 4 members (excludes halogenated alkanes) is 1. The Morgan fingerprint density at radius 2 is 1.94 bits per heavy atom. The van der Waals surface area contributed by atoms with Crippen LogP contribution < -0.4 is 0 Å². The Labute approximate surface area is 194 Å². The lowest BCUT2D eigenvalue weighted by atomic mass is 9.83. The van der Waals surface area contributed by atoms with Gasteiger partial charge in [0.1, 0.15) is 0 Å². The quantitative estimate of drug-likeness (QED) is 0.367. The molecule has 3 aliphatic rings. The van der Waals surface area contributed by atoms with E-state index >= 15 is 0 Å². The molecule has 0 saturated carbocycles. The van der Waals surface area contributed by atoms with Gasteiger partial charge in [-0.05, 0) is 105 Å². The summed E-state index contributed by atoms with van der Waals surface area (Å²) >= 11 is 0. The van der Waals surface area contributed by atoms with E-state index < -0.39 is 0 Å². The average molecular weight is 428 g/mol. The van der Waals surface area contributed by atoms with Crippen molar-refractivity contribution in [1.82, 2.24) is 9.80 Å². The van der Waals surface area contributed by atoms with E-state index in [0.717, 1.165) is 30.4 Å². The maximum absolute atomic E-state index is 9.36. The van der Waals surface area contributed by atoms with Gasteiger partial charge < -0.3 is 9.80 Å². The van der Waals surface area contributed by atoms with Crippen molar-refractivity contribution in [3.63, 3.8) is 0 Å². The molecule has 1 fully saturated rings. The van der Waals surface area contributed by atoms with Crippen LogP contribution in [-0.4, -0.2) is 35.5 Å². The van der Waals surface area contributed by atoms with Gasteiger partial charge in [0.25, 0.3) is 0 Å². The summed E-state index contributed by atoms with van der Waals surface area (Å²) in [5.74, 6) is 0. The van der Waals surface area contributed by atoms with Crippen molar-refractivity contribution in [2.75, 3.05) is 19.6 Å². The van der Waals surface area contributed by atoms with Gasteiger partial charge in [-0.2, -0.15) is 5.26 Å². The highest BCUT2D eigenvalue weighted by molar-refractivity contribution is 5.78. The number of fused-ring (bicyclic) bond motifs is 3. The summed E-state index contributed by atoms with van der Waals surface area (Å²) in [4.78, 5) is 4.99. The molecule has 3 heteroatoms. The molecule has 0 amide bonds. The van der Waals surface area contributed by atoms with E-state index in [-0.39, 0.29) is 0 Å². The molecule has 1 atom stereocenters. The standard InChI is InChI=1S/C29H37N3/c1-5-23-18-27-25(16-24(23)11-7-8-12-31-13-9-10-14-31)17-26(6-2)32-20-28(22(4)19-30)21(3)15-29(27)32/h15-16,18,20,26H,3-14,17H2,1-2H3. The number of nitriles is 1. The Hall–Kier alpha value is -2.57. The van der Waals surface area contributed by atoms with Gasteiger partial charge in [-0.1, -0.05) is 33.1 Å². The lowest BCUT2D eigenvalue weighted by Crippen LogP contribution is -2.37. The molecule has 3 aliphatic heterocycles. The second-order valence-corrected chi connectivity index (χ2v) is 9.50. The Morgan fingerprint density at radius 1 is 1.16 bits per heavy atom. The second kappa shape index (κ2) is 9.92. The first-order chi connectivity index (χ1) is 15.5. The van der Waals surface area contributed by atoms with Crippen LogP contribution >= 0.6 is 0 Å². The smallest absolute Gasteiger partial charge is 0.0992 e. The van der Waals surface area contributed by atoms with Crippen LogP contribution in [-0.2, 0) is 19.3 Å². The summed E-state index contributed by atoms with van der Waals surface area (Å²) in [5.41, 5.74) is 9.29. The van der Waals surface area contributed by atoms with Gasteiger partial charge in [0.15, 0.2) is 0 Å². The molecule has 0 aromatic heterocycles. The molecule has 0 bridgehead atoms. The monoisotopic (exact) mass is 427 g/mol. The number of aryl methyl sites for hydroxylation is 2. The zero-order valence-corrected chi connectivity index (χ0v) is 19.9. The summed E-state index contributed by atoms with van der Waals surface area (Å²) in [5, 5.41) is 9.36. The van der Waals surface area contributed by atoms with Crippen molar-refractivity contribution in [2.45, 2.75) is 71.3 Å². The normalized spacial score (nSPS) is 20.3. The van der Waals surface area contributed by atoms with Crippen LogP contribution in [0.3, 0.4) is 0 Å². The Kier molecular flexibility index (Phi) is 7.01. The molecule has 1 unspecified atom stereocenters. The van der Waals surface area contributed by atoms with Crippen molar-refractivity contribution in [3.05, 3.63) is 76.5 Å². The summed E-state index contributed by atoms with van der Waals surface area (Å²) < 4.78 is 0. The molecule has 0 aliphatic carbocycles. The molecule has 168 valence electrons. The molecule has 1 aromatic carbocycles. The maximum atomic E-state index is 9.36. The number of benzene rings is 1. The first-order valence-corrected chi connectivity index (χ1v) is 12.4. The fourth-order valence-electron chi connectivity index (χ4n) is 5.52. The molecule has 3 heterocycles. The van der Waals surface area contributed by atoms with Crippen LogP contribution in [0.5, 0.6) is 0 Å². The van der Waals surface area contributed by atoms with Crippen molar-refractivity contribution in [2.24, 2.45) is 0 Å². The van der Waals surface area contributed by atoms with Crippen LogP contribution in [0.1, 0.15) is 68.2 Å². The highest BCUT2D eigenvalue weighted by atomic mass is 15.2. The Bertz CT molecular complexity index is 998. The zero-order valence-electron chi connectivity index (χ0n) is 19.9. The van der Waals surface area contributed by atoms with Gasteiger partial charge in [-0.25, -0.2) is 0 Å². The number of likely N-dealkylation sites (tertiary alicyclic amines) is 1. The van der Waals surface area contributed by atoms with Gasteiger partial charge in [0.2, 0.25) is 0 Å². The highest BCUT2D eigenvalue weighted by Gasteiger charge is 2.31. The lowest BCUT2D eigenvalue weighted by molar-refractivity contribution is 0.330. The zero-order chi connectivity index (χ0) is 22.7. The van der Waals surface area contributed by atoms with Gasteiger partial charge in [0, 0.05) is 29.1 Å². The van der Waals surface area contributed by atoms with Crippen molar-refractivity contribution in [1.29, 1.82) is 5.26 Å². The topological polar surface area (TPSA) is 30.3 Å². The molecular weight excluding hydrogens is 390 g/mol. The van der Waals surface area contributed by atoms with E-state index in [9.17, 15) is 5.26 Å². The summed E-state index contributed by atoms with van der Waals surface area (Å²) in [7, 11) is 0. The number of allylic oxidation sites excluding steroid dienone is 4. The van der Waals surface area contributed by atoms with Crippen LogP contribution in [0, 0.1) is 11.3 Å². The fraction of sp³-hybridized carbons (Fsp3) is 0.483. The van der Waals surface area contributed by atoms with E-state index in [1.807, 2.05) is 0 Å². The van der Waals surface area contributed by atoms with Gasteiger partial charge in [-0.3, -0.25) is 0 Å². The van der Waals surface area contributed by atoms with E-state index in [4.69, 9.17) is 0 Å². The number of hydrogen-bond acceptors (Lipinski definition) is 3. The number of nitrogens with zero attached hydrogens (tertiary/aromatic N) is 3. The molecule has 1 saturated heterocycles. The highest BCUT2D eigenvalue weighted by Crippen LogP contribution is 2.41. The molecular formula is C29H37N3. The van der Waals surface area contributed by atoms with Gasteiger partial charge >= 0.3 is 0 Å². The number of rotatable bonds is 8. The number of hydrogen-bond donors (Lipinski definition) is 0. The van der Waals surface area contributed by atoms with E-state index in [0.29, 0.717) is 11.6 Å². The van der Waals surface area contributed by atoms with Crippen molar-refractivity contribution < 1.29 is 0 Å². The predicted octanol–water partition coefficient (Wildman–Crippen LogP) is 6.18. The van der Waals surface area contributed by atoms with Crippen LogP contribution in [0.25, 0.3) is 5.70 Å². The predicted molar refractivity (Wildman–Crippen MR) is 134 cm³/mol. The van der Waals surface area contributed by atoms with Gasteiger partial charge in [0.05, 0.1) is 11.6 Å². The lowest BCUT2D eigenvalue weighted by Gasteiger charge is -2.41. The van der Waals surface area contributed by atoms with Gasteiger partial charge in [-0.15, -0.1) is 0 Å². The first kappa shape index (κ1) is 22.6. The first-order valence-electron chi connectivity index (χ1n) is 12.4. The van der Waals surface area contributed by atoms with Crippen molar-refractivity contribution >= 4 is 5.70 Å². The molecule has 4 rings (SSSR count). The van der Waals surface area contributed by atoms with E-state index in [1.54, 1.807) is 5.56 Å². The molecule has 3 nitrogen and oxygen atoms in total. The summed E-state index contributed by atoms with van der Waals surface area (Å²) in [6.07, 6.45) is 13.9. The summed E-state index contributed by atoms with van der Waals surface area (Å²) in [6.45, 7) is 16.5. The summed E-state index contributed by atoms with van der Waals surface area (Å²) in [6, 6.07) is 7.53. The minimum Gasteiger partial charge on any atom is -0.343 e. The maximum Gasteiger partial charge on any atom is 0.0992 e. The largest absolute Gasteiger partial charge is 0.343 e. The third-order valence-electron chi connectivity index (χ3n) is 7.43. The van der Waals surface area contributed by atoms with Crippen LogP contribution in [0.4, 0.5) is 0 Å². The third kappa shape index (κ3) is 4.48. The van der Waals surface area contributed by atoms with E-state index in [1.165, 1.54) is 74.1 Å². The molecule has 1 aromatic rings. The molecule has 32 heavy (non-hydrogen) atoms. The minimum atomic E-state index is 0.402. The second-order valence-electron chi connectivity index (χ2n) is 9.50. The average Bonchev–Trinajstić information content (AvgIpc) is 3.33. The Balaban J connectivity index is 1.57. The SMILES string of the molecule is C=C(C#N)C1=CN2C(=CC1=C)c1cc(CC)c(CCCCN3CCCC3)cc1CC2CC. The molecule has 0 spiro atoms. The van der Waals surface area contributed by atoms with Crippen molar-refractivity contribution in [3.8, 4) is 6.07 Å². The third-order valence-corrected chi connectivity index (χ3v) is 7.43. The molecule has 0 N–H and O–H groups in total.